The lowest BCUT2D eigenvalue weighted by atomic mass is 10.3. The maximum absolute atomic E-state index is 12.3. The number of anilines is 1. The number of sulfonamides is 1. The highest BCUT2D eigenvalue weighted by atomic mass is 32.2. The van der Waals surface area contributed by atoms with Gasteiger partial charge in [-0.15, -0.1) is 11.3 Å². The monoisotopic (exact) mass is 340 g/mol. The van der Waals surface area contributed by atoms with Crippen molar-refractivity contribution in [1.29, 1.82) is 0 Å². The zero-order chi connectivity index (χ0) is 16.3. The van der Waals surface area contributed by atoms with Crippen molar-refractivity contribution in [1.82, 2.24) is 4.90 Å². The van der Waals surface area contributed by atoms with Crippen LogP contribution in [0.1, 0.15) is 9.67 Å². The molecule has 22 heavy (non-hydrogen) atoms. The van der Waals surface area contributed by atoms with Crippen LogP contribution < -0.4 is 9.46 Å². The molecule has 118 valence electrons. The molecule has 1 amide bonds. The van der Waals surface area contributed by atoms with Crippen LogP contribution in [0, 0.1) is 0 Å². The maximum Gasteiger partial charge on any atom is 0.271 e. The van der Waals surface area contributed by atoms with Crippen LogP contribution in [0.3, 0.4) is 0 Å². The van der Waals surface area contributed by atoms with Gasteiger partial charge >= 0.3 is 0 Å². The van der Waals surface area contributed by atoms with Crippen LogP contribution in [-0.4, -0.2) is 40.4 Å². The summed E-state index contributed by atoms with van der Waals surface area (Å²) in [6, 6.07) is 9.47. The first-order valence-corrected chi connectivity index (χ1v) is 8.62. The van der Waals surface area contributed by atoms with Gasteiger partial charge in [-0.1, -0.05) is 0 Å². The van der Waals surface area contributed by atoms with E-state index in [2.05, 4.69) is 4.72 Å². The Morgan fingerprint density at radius 3 is 2.32 bits per heavy atom. The number of hydrogen-bond acceptors (Lipinski definition) is 5. The zero-order valence-electron chi connectivity index (χ0n) is 12.4. The lowest BCUT2D eigenvalue weighted by Gasteiger charge is -2.08. The van der Waals surface area contributed by atoms with E-state index in [1.54, 1.807) is 38.4 Å². The first-order valence-electron chi connectivity index (χ1n) is 6.32. The van der Waals surface area contributed by atoms with Gasteiger partial charge in [0.05, 0.1) is 12.0 Å². The maximum atomic E-state index is 12.3. The number of amides is 1. The average molecular weight is 340 g/mol. The minimum atomic E-state index is -3.71. The first kappa shape index (κ1) is 16.3. The zero-order valence-corrected chi connectivity index (χ0v) is 14.0. The minimum absolute atomic E-state index is 0.0912. The fourth-order valence-electron chi connectivity index (χ4n) is 1.66. The molecule has 0 saturated carbocycles. The summed E-state index contributed by atoms with van der Waals surface area (Å²) in [7, 11) is 1.06. The quantitative estimate of drug-likeness (QED) is 0.906. The number of carbonyl (C=O) groups excluding carboxylic acids is 1. The Morgan fingerprint density at radius 1 is 1.14 bits per heavy atom. The van der Waals surface area contributed by atoms with E-state index in [1.165, 1.54) is 24.1 Å². The molecule has 0 saturated heterocycles. The summed E-state index contributed by atoms with van der Waals surface area (Å²) in [5.41, 5.74) is 0.426. The molecule has 1 N–H and O–H groups in total. The number of methoxy groups -OCH3 is 1. The van der Waals surface area contributed by atoms with E-state index >= 15 is 0 Å². The third-order valence-corrected chi connectivity index (χ3v) is 5.75. The van der Waals surface area contributed by atoms with Gasteiger partial charge < -0.3 is 9.64 Å². The van der Waals surface area contributed by atoms with E-state index in [0.717, 1.165) is 11.3 Å². The minimum Gasteiger partial charge on any atom is -0.497 e. The topological polar surface area (TPSA) is 75.7 Å². The largest absolute Gasteiger partial charge is 0.497 e. The van der Waals surface area contributed by atoms with Gasteiger partial charge in [0.2, 0.25) is 0 Å². The SMILES string of the molecule is COc1ccc(NS(=O)(=O)c2ccc(C(=O)N(C)C)s2)cc1. The normalized spacial score (nSPS) is 11.0. The molecule has 0 radical (unpaired) electrons. The Kier molecular flexibility index (Phi) is 4.72. The molecule has 0 bridgehead atoms. The molecule has 6 nitrogen and oxygen atoms in total. The molecule has 0 spiro atoms. The fraction of sp³-hybridized carbons (Fsp3) is 0.214. The van der Waals surface area contributed by atoms with Crippen LogP contribution in [0.5, 0.6) is 5.75 Å². The van der Waals surface area contributed by atoms with Gasteiger partial charge in [-0.2, -0.15) is 0 Å². The molecule has 0 aliphatic heterocycles. The molecule has 0 atom stereocenters. The van der Waals surface area contributed by atoms with Crippen molar-refractivity contribution in [3.05, 3.63) is 41.3 Å². The highest BCUT2D eigenvalue weighted by Crippen LogP contribution is 2.25. The number of ether oxygens (including phenoxy) is 1. The van der Waals surface area contributed by atoms with E-state index in [1.807, 2.05) is 0 Å². The summed E-state index contributed by atoms with van der Waals surface area (Å²) in [6.45, 7) is 0. The van der Waals surface area contributed by atoms with E-state index in [9.17, 15) is 13.2 Å². The second-order valence-electron chi connectivity index (χ2n) is 4.65. The number of nitrogens with one attached hydrogen (secondary N) is 1. The molecular formula is C14H16N2O4S2. The third kappa shape index (κ3) is 3.58. The highest BCUT2D eigenvalue weighted by Gasteiger charge is 2.20. The summed E-state index contributed by atoms with van der Waals surface area (Å²) in [5.74, 6) is 0.411. The number of hydrogen-bond donors (Lipinski definition) is 1. The predicted octanol–water partition coefficient (Wildman–Crippen LogP) is 2.26. The molecule has 0 fully saturated rings. The summed E-state index contributed by atoms with van der Waals surface area (Å²) < 4.78 is 32.2. The van der Waals surface area contributed by atoms with E-state index in [4.69, 9.17) is 4.74 Å². The Morgan fingerprint density at radius 2 is 1.77 bits per heavy atom. The molecule has 8 heteroatoms. The van der Waals surface area contributed by atoms with Crippen LogP contribution in [0.2, 0.25) is 0 Å². The van der Waals surface area contributed by atoms with Crippen LogP contribution in [0.15, 0.2) is 40.6 Å². The van der Waals surface area contributed by atoms with Crippen LogP contribution in [0.25, 0.3) is 0 Å². The van der Waals surface area contributed by atoms with Gasteiger partial charge in [0.15, 0.2) is 0 Å². The summed E-state index contributed by atoms with van der Waals surface area (Å²) in [5, 5.41) is 0. The molecule has 1 aromatic heterocycles. The molecule has 0 unspecified atom stereocenters. The number of carbonyl (C=O) groups is 1. The molecular weight excluding hydrogens is 324 g/mol. The van der Waals surface area contributed by atoms with Crippen LogP contribution in [-0.2, 0) is 10.0 Å². The Balaban J connectivity index is 2.21. The predicted molar refractivity (Wildman–Crippen MR) is 86.1 cm³/mol. The number of thiophene rings is 1. The van der Waals surface area contributed by atoms with E-state index in [0.29, 0.717) is 16.3 Å². The Labute approximate surface area is 133 Å². The number of rotatable bonds is 5. The van der Waals surface area contributed by atoms with Gasteiger partial charge in [0, 0.05) is 19.8 Å². The lowest BCUT2D eigenvalue weighted by Crippen LogP contribution is -2.20. The van der Waals surface area contributed by atoms with Crippen molar-refractivity contribution in [2.24, 2.45) is 0 Å². The molecule has 0 aliphatic carbocycles. The lowest BCUT2D eigenvalue weighted by molar-refractivity contribution is 0.0832. The third-order valence-electron chi connectivity index (χ3n) is 2.81. The van der Waals surface area contributed by atoms with Crippen LogP contribution >= 0.6 is 11.3 Å². The smallest absolute Gasteiger partial charge is 0.271 e. The van der Waals surface area contributed by atoms with Gasteiger partial charge in [0.1, 0.15) is 9.96 Å². The van der Waals surface area contributed by atoms with E-state index in [-0.39, 0.29) is 10.1 Å². The molecule has 0 aliphatic rings. The summed E-state index contributed by atoms with van der Waals surface area (Å²) >= 11 is 0.937. The molecule has 2 aromatic rings. The molecule has 2 rings (SSSR count). The van der Waals surface area contributed by atoms with Gasteiger partial charge in [-0.25, -0.2) is 8.42 Å². The van der Waals surface area contributed by atoms with Crippen molar-refractivity contribution in [3.63, 3.8) is 0 Å². The van der Waals surface area contributed by atoms with Crippen molar-refractivity contribution >= 4 is 33.0 Å². The fourth-order valence-corrected chi connectivity index (χ4v) is 4.05. The Bertz CT molecular complexity index is 764. The van der Waals surface area contributed by atoms with Crippen molar-refractivity contribution in [2.45, 2.75) is 4.21 Å². The summed E-state index contributed by atoms with van der Waals surface area (Å²) in [4.78, 5) is 13.6. The van der Waals surface area contributed by atoms with Gasteiger partial charge in [-0.3, -0.25) is 9.52 Å². The van der Waals surface area contributed by atoms with Crippen molar-refractivity contribution in [2.75, 3.05) is 25.9 Å². The second-order valence-corrected chi connectivity index (χ2v) is 7.65. The average Bonchev–Trinajstić information content (AvgIpc) is 2.97. The van der Waals surface area contributed by atoms with Gasteiger partial charge in [-0.05, 0) is 36.4 Å². The van der Waals surface area contributed by atoms with Crippen LogP contribution in [0.4, 0.5) is 5.69 Å². The molecule has 1 heterocycles. The number of benzene rings is 1. The van der Waals surface area contributed by atoms with Gasteiger partial charge in [0.25, 0.3) is 15.9 Å². The molecule has 1 aromatic carbocycles. The second kappa shape index (κ2) is 6.37. The first-order chi connectivity index (χ1) is 10.3. The highest BCUT2D eigenvalue weighted by molar-refractivity contribution is 7.94. The summed E-state index contributed by atoms with van der Waals surface area (Å²) in [6.07, 6.45) is 0. The van der Waals surface area contributed by atoms with Crippen molar-refractivity contribution in [3.8, 4) is 5.75 Å². The standard InChI is InChI=1S/C14H16N2O4S2/c1-16(2)14(17)12-8-9-13(21-12)22(18,19)15-10-4-6-11(20-3)7-5-10/h4-9,15H,1-3H3. The van der Waals surface area contributed by atoms with Crippen molar-refractivity contribution < 1.29 is 17.9 Å². The number of nitrogens with zero attached hydrogens (tertiary/aromatic N) is 1. The van der Waals surface area contributed by atoms with E-state index < -0.39 is 10.0 Å². The Hall–Kier alpha value is -2.06.